The maximum absolute atomic E-state index is 4.41. The van der Waals surface area contributed by atoms with Gasteiger partial charge in [-0.2, -0.15) is 0 Å². The molecule has 0 fully saturated rings. The standard InChI is InChI=1S/C14H18BrN3/c1-3-16-11(2)14-5-4-8-18(14)10-13-7-6-12(15)9-17-13/h4-9,11,16H,3,10H2,1-2H3. The summed E-state index contributed by atoms with van der Waals surface area (Å²) < 4.78 is 3.25. The lowest BCUT2D eigenvalue weighted by molar-refractivity contribution is 0.551. The Morgan fingerprint density at radius 1 is 1.39 bits per heavy atom. The molecule has 2 aromatic rings. The summed E-state index contributed by atoms with van der Waals surface area (Å²) in [5.74, 6) is 0. The Bertz CT molecular complexity index is 490. The van der Waals surface area contributed by atoms with Crippen molar-refractivity contribution in [1.29, 1.82) is 0 Å². The average molecular weight is 308 g/mol. The van der Waals surface area contributed by atoms with Crippen LogP contribution < -0.4 is 5.32 Å². The van der Waals surface area contributed by atoms with Crippen LogP contribution in [0.1, 0.15) is 31.3 Å². The third kappa shape index (κ3) is 3.21. The molecule has 2 rings (SSSR count). The molecular weight excluding hydrogens is 290 g/mol. The van der Waals surface area contributed by atoms with E-state index in [-0.39, 0.29) is 0 Å². The molecule has 2 aromatic heterocycles. The number of hydrogen-bond donors (Lipinski definition) is 1. The molecule has 1 unspecified atom stereocenters. The molecule has 0 saturated carbocycles. The quantitative estimate of drug-likeness (QED) is 0.918. The first-order valence-electron chi connectivity index (χ1n) is 6.19. The highest BCUT2D eigenvalue weighted by atomic mass is 79.9. The topological polar surface area (TPSA) is 29.9 Å². The van der Waals surface area contributed by atoms with Gasteiger partial charge in [0.1, 0.15) is 0 Å². The van der Waals surface area contributed by atoms with Crippen molar-refractivity contribution in [3.8, 4) is 0 Å². The van der Waals surface area contributed by atoms with E-state index in [1.54, 1.807) is 0 Å². The summed E-state index contributed by atoms with van der Waals surface area (Å²) in [5, 5.41) is 3.43. The molecule has 0 aromatic carbocycles. The van der Waals surface area contributed by atoms with Gasteiger partial charge in [-0.3, -0.25) is 4.98 Å². The van der Waals surface area contributed by atoms with Crippen LogP contribution in [-0.2, 0) is 6.54 Å². The van der Waals surface area contributed by atoms with Crippen molar-refractivity contribution < 1.29 is 0 Å². The molecule has 0 aliphatic rings. The van der Waals surface area contributed by atoms with E-state index in [0.717, 1.165) is 23.3 Å². The van der Waals surface area contributed by atoms with E-state index in [1.807, 2.05) is 18.3 Å². The molecule has 0 bridgehead atoms. The molecule has 1 N–H and O–H groups in total. The van der Waals surface area contributed by atoms with Gasteiger partial charge in [0.2, 0.25) is 0 Å². The molecule has 0 aliphatic carbocycles. The summed E-state index contributed by atoms with van der Waals surface area (Å²) in [6.07, 6.45) is 3.94. The van der Waals surface area contributed by atoms with Crippen LogP contribution in [0.5, 0.6) is 0 Å². The Labute approximate surface area is 116 Å². The predicted octanol–water partition coefficient (Wildman–Crippen LogP) is 3.36. The van der Waals surface area contributed by atoms with E-state index in [2.05, 4.69) is 63.0 Å². The van der Waals surface area contributed by atoms with Gasteiger partial charge in [0.05, 0.1) is 12.2 Å². The number of rotatable bonds is 5. The third-order valence-corrected chi connectivity index (χ3v) is 3.41. The monoisotopic (exact) mass is 307 g/mol. The molecule has 1 atom stereocenters. The fourth-order valence-corrected chi connectivity index (χ4v) is 2.28. The molecule has 0 saturated heterocycles. The Morgan fingerprint density at radius 3 is 2.89 bits per heavy atom. The van der Waals surface area contributed by atoms with Crippen molar-refractivity contribution in [3.05, 3.63) is 52.5 Å². The zero-order valence-corrected chi connectivity index (χ0v) is 12.3. The highest BCUT2D eigenvalue weighted by Crippen LogP contribution is 2.15. The van der Waals surface area contributed by atoms with Crippen LogP contribution in [0.3, 0.4) is 0 Å². The zero-order valence-electron chi connectivity index (χ0n) is 10.7. The van der Waals surface area contributed by atoms with Gasteiger partial charge >= 0.3 is 0 Å². The van der Waals surface area contributed by atoms with Crippen molar-refractivity contribution in [2.24, 2.45) is 0 Å². The van der Waals surface area contributed by atoms with Crippen molar-refractivity contribution in [2.45, 2.75) is 26.4 Å². The lowest BCUT2D eigenvalue weighted by Crippen LogP contribution is -2.21. The number of aromatic nitrogens is 2. The Morgan fingerprint density at radius 2 is 2.22 bits per heavy atom. The van der Waals surface area contributed by atoms with Gasteiger partial charge in [0.15, 0.2) is 0 Å². The van der Waals surface area contributed by atoms with Crippen LogP contribution >= 0.6 is 15.9 Å². The van der Waals surface area contributed by atoms with E-state index < -0.39 is 0 Å². The minimum Gasteiger partial charge on any atom is -0.344 e. The van der Waals surface area contributed by atoms with E-state index in [4.69, 9.17) is 0 Å². The van der Waals surface area contributed by atoms with Crippen molar-refractivity contribution >= 4 is 15.9 Å². The number of nitrogens with one attached hydrogen (secondary N) is 1. The van der Waals surface area contributed by atoms with E-state index >= 15 is 0 Å². The molecule has 0 radical (unpaired) electrons. The summed E-state index contributed by atoms with van der Waals surface area (Å²) >= 11 is 3.40. The second kappa shape index (κ2) is 6.16. The van der Waals surface area contributed by atoms with Crippen LogP contribution in [0.15, 0.2) is 41.1 Å². The molecule has 0 aliphatic heterocycles. The summed E-state index contributed by atoms with van der Waals surface area (Å²) in [5.41, 5.74) is 2.36. The normalized spacial score (nSPS) is 12.6. The van der Waals surface area contributed by atoms with Gasteiger partial charge in [-0.05, 0) is 53.7 Å². The van der Waals surface area contributed by atoms with E-state index in [1.165, 1.54) is 5.69 Å². The second-order valence-corrected chi connectivity index (χ2v) is 5.22. The average Bonchev–Trinajstić information content (AvgIpc) is 2.81. The van der Waals surface area contributed by atoms with Crippen molar-refractivity contribution in [3.63, 3.8) is 0 Å². The summed E-state index contributed by atoms with van der Waals surface area (Å²) in [6.45, 7) is 6.10. The number of hydrogen-bond acceptors (Lipinski definition) is 2. The Balaban J connectivity index is 2.14. The highest BCUT2D eigenvalue weighted by Gasteiger charge is 2.09. The third-order valence-electron chi connectivity index (χ3n) is 2.94. The molecule has 0 spiro atoms. The first-order chi connectivity index (χ1) is 8.70. The molecular formula is C14H18BrN3. The molecule has 2 heterocycles. The number of pyridine rings is 1. The van der Waals surface area contributed by atoms with Crippen LogP contribution in [0, 0.1) is 0 Å². The maximum atomic E-state index is 4.41. The summed E-state index contributed by atoms with van der Waals surface area (Å²) in [6, 6.07) is 8.68. The lowest BCUT2D eigenvalue weighted by atomic mass is 10.2. The summed E-state index contributed by atoms with van der Waals surface area (Å²) in [4.78, 5) is 4.41. The van der Waals surface area contributed by atoms with Crippen LogP contribution in [0.4, 0.5) is 0 Å². The van der Waals surface area contributed by atoms with Crippen LogP contribution in [0.2, 0.25) is 0 Å². The van der Waals surface area contributed by atoms with Crippen LogP contribution in [0.25, 0.3) is 0 Å². The fourth-order valence-electron chi connectivity index (χ4n) is 2.05. The fraction of sp³-hybridized carbons (Fsp3) is 0.357. The van der Waals surface area contributed by atoms with Gasteiger partial charge < -0.3 is 9.88 Å². The minimum absolute atomic E-state index is 0.362. The summed E-state index contributed by atoms with van der Waals surface area (Å²) in [7, 11) is 0. The van der Waals surface area contributed by atoms with E-state index in [0.29, 0.717) is 6.04 Å². The largest absolute Gasteiger partial charge is 0.344 e. The second-order valence-electron chi connectivity index (χ2n) is 4.31. The van der Waals surface area contributed by atoms with Crippen molar-refractivity contribution in [1.82, 2.24) is 14.9 Å². The Kier molecular flexibility index (Phi) is 4.55. The van der Waals surface area contributed by atoms with Gasteiger partial charge in [0, 0.05) is 28.6 Å². The minimum atomic E-state index is 0.362. The SMILES string of the molecule is CCNC(C)c1cccn1Cc1ccc(Br)cn1. The Hall–Kier alpha value is -1.13. The molecule has 18 heavy (non-hydrogen) atoms. The smallest absolute Gasteiger partial charge is 0.0645 e. The highest BCUT2D eigenvalue weighted by molar-refractivity contribution is 9.10. The van der Waals surface area contributed by atoms with E-state index in [9.17, 15) is 0 Å². The molecule has 4 heteroatoms. The van der Waals surface area contributed by atoms with Crippen molar-refractivity contribution in [2.75, 3.05) is 6.54 Å². The lowest BCUT2D eigenvalue weighted by Gasteiger charge is -2.16. The van der Waals surface area contributed by atoms with Gasteiger partial charge in [0.25, 0.3) is 0 Å². The van der Waals surface area contributed by atoms with Gasteiger partial charge in [-0.1, -0.05) is 6.92 Å². The number of halogens is 1. The maximum Gasteiger partial charge on any atom is 0.0645 e. The number of nitrogens with zero attached hydrogens (tertiary/aromatic N) is 2. The first kappa shape index (κ1) is 13.3. The van der Waals surface area contributed by atoms with Crippen LogP contribution in [-0.4, -0.2) is 16.1 Å². The zero-order chi connectivity index (χ0) is 13.0. The molecule has 96 valence electrons. The van der Waals surface area contributed by atoms with Gasteiger partial charge in [-0.15, -0.1) is 0 Å². The molecule has 3 nitrogen and oxygen atoms in total. The first-order valence-corrected chi connectivity index (χ1v) is 6.99. The molecule has 0 amide bonds. The predicted molar refractivity (Wildman–Crippen MR) is 77.6 cm³/mol. The van der Waals surface area contributed by atoms with Gasteiger partial charge in [-0.25, -0.2) is 0 Å².